The van der Waals surface area contributed by atoms with Crippen molar-refractivity contribution in [3.63, 3.8) is 0 Å². The SMILES string of the molecule is CN(C)C1CCN(c2ccc3nc(-c4cc(-c5cccc(CO)c5)c[nH]c4=O)[nH]c3c2)CC1. The quantitative estimate of drug-likeness (QED) is 0.439. The number of nitrogens with one attached hydrogen (secondary N) is 2. The number of fused-ring (bicyclic) bond motifs is 1. The number of aromatic nitrogens is 3. The van der Waals surface area contributed by atoms with Gasteiger partial charge in [-0.25, -0.2) is 4.98 Å². The number of H-pyrrole nitrogens is 2. The third-order valence-electron chi connectivity index (χ3n) is 6.63. The minimum Gasteiger partial charge on any atom is -0.392 e. The van der Waals surface area contributed by atoms with Gasteiger partial charge in [-0.2, -0.15) is 0 Å². The van der Waals surface area contributed by atoms with Gasteiger partial charge in [0.1, 0.15) is 5.82 Å². The molecule has 0 saturated carbocycles. The number of aliphatic hydroxyl groups is 1. The summed E-state index contributed by atoms with van der Waals surface area (Å²) in [5, 5.41) is 9.44. The molecule has 0 atom stereocenters. The first-order valence-electron chi connectivity index (χ1n) is 11.4. The van der Waals surface area contributed by atoms with Crippen molar-refractivity contribution in [2.75, 3.05) is 32.1 Å². The number of aromatic amines is 2. The van der Waals surface area contributed by atoms with E-state index in [1.807, 2.05) is 36.4 Å². The highest BCUT2D eigenvalue weighted by molar-refractivity contribution is 5.83. The first-order chi connectivity index (χ1) is 16.0. The molecule has 0 unspecified atom stereocenters. The molecule has 7 heteroatoms. The van der Waals surface area contributed by atoms with Crippen LogP contribution in [0.5, 0.6) is 0 Å². The summed E-state index contributed by atoms with van der Waals surface area (Å²) < 4.78 is 0. The third-order valence-corrected chi connectivity index (χ3v) is 6.63. The molecule has 3 heterocycles. The first-order valence-corrected chi connectivity index (χ1v) is 11.4. The number of hydrogen-bond acceptors (Lipinski definition) is 5. The maximum Gasteiger partial charge on any atom is 0.259 e. The monoisotopic (exact) mass is 443 g/mol. The van der Waals surface area contributed by atoms with E-state index in [1.165, 1.54) is 5.69 Å². The van der Waals surface area contributed by atoms with Crippen LogP contribution in [0.2, 0.25) is 0 Å². The average Bonchev–Trinajstić information content (AvgIpc) is 3.27. The van der Waals surface area contributed by atoms with Gasteiger partial charge in [0.15, 0.2) is 0 Å². The molecular weight excluding hydrogens is 414 g/mol. The van der Waals surface area contributed by atoms with Crippen LogP contribution in [-0.4, -0.2) is 58.2 Å². The lowest BCUT2D eigenvalue weighted by Crippen LogP contribution is -2.41. The van der Waals surface area contributed by atoms with E-state index < -0.39 is 0 Å². The van der Waals surface area contributed by atoms with E-state index in [1.54, 1.807) is 6.20 Å². The van der Waals surface area contributed by atoms with E-state index in [-0.39, 0.29) is 12.2 Å². The lowest BCUT2D eigenvalue weighted by Gasteiger charge is -2.36. The van der Waals surface area contributed by atoms with Crippen LogP contribution in [0.1, 0.15) is 18.4 Å². The highest BCUT2D eigenvalue weighted by Crippen LogP contribution is 2.28. The summed E-state index contributed by atoms with van der Waals surface area (Å²) in [4.78, 5) is 28.2. The van der Waals surface area contributed by atoms with Gasteiger partial charge in [-0.15, -0.1) is 0 Å². The van der Waals surface area contributed by atoms with Crippen molar-refractivity contribution in [1.82, 2.24) is 19.9 Å². The molecule has 0 radical (unpaired) electrons. The minimum absolute atomic E-state index is 0.0250. The fourth-order valence-corrected chi connectivity index (χ4v) is 4.64. The summed E-state index contributed by atoms with van der Waals surface area (Å²) in [6.45, 7) is 2.04. The smallest absolute Gasteiger partial charge is 0.259 e. The molecule has 7 nitrogen and oxygen atoms in total. The lowest BCUT2D eigenvalue weighted by molar-refractivity contribution is 0.249. The van der Waals surface area contributed by atoms with Crippen LogP contribution < -0.4 is 10.5 Å². The van der Waals surface area contributed by atoms with E-state index in [4.69, 9.17) is 4.98 Å². The Labute approximate surface area is 192 Å². The molecule has 33 heavy (non-hydrogen) atoms. The zero-order valence-corrected chi connectivity index (χ0v) is 19.0. The van der Waals surface area contributed by atoms with E-state index >= 15 is 0 Å². The summed E-state index contributed by atoms with van der Waals surface area (Å²) >= 11 is 0. The Morgan fingerprint density at radius 3 is 2.67 bits per heavy atom. The maximum atomic E-state index is 12.6. The first kappa shape index (κ1) is 21.4. The molecule has 0 spiro atoms. The average molecular weight is 444 g/mol. The van der Waals surface area contributed by atoms with Gasteiger partial charge < -0.3 is 24.9 Å². The fraction of sp³-hybridized carbons (Fsp3) is 0.308. The van der Waals surface area contributed by atoms with Crippen molar-refractivity contribution >= 4 is 16.7 Å². The van der Waals surface area contributed by atoms with Crippen LogP contribution in [0.4, 0.5) is 5.69 Å². The van der Waals surface area contributed by atoms with Gasteiger partial charge in [-0.1, -0.05) is 18.2 Å². The second kappa shape index (κ2) is 8.84. The Balaban J connectivity index is 1.45. The number of rotatable bonds is 5. The van der Waals surface area contributed by atoms with Crippen molar-refractivity contribution in [3.05, 3.63) is 70.6 Å². The summed E-state index contributed by atoms with van der Waals surface area (Å²) in [5.41, 5.74) is 5.86. The van der Waals surface area contributed by atoms with Gasteiger partial charge in [-0.3, -0.25) is 4.79 Å². The summed E-state index contributed by atoms with van der Waals surface area (Å²) in [6.07, 6.45) is 4.00. The molecule has 170 valence electrons. The zero-order valence-electron chi connectivity index (χ0n) is 19.0. The Morgan fingerprint density at radius 1 is 1.09 bits per heavy atom. The number of imidazole rings is 1. The molecule has 4 aromatic rings. The predicted molar refractivity (Wildman–Crippen MR) is 132 cm³/mol. The largest absolute Gasteiger partial charge is 0.392 e. The van der Waals surface area contributed by atoms with Crippen LogP contribution in [0, 0.1) is 0 Å². The molecule has 1 aliphatic rings. The van der Waals surface area contributed by atoms with E-state index in [0.717, 1.165) is 53.7 Å². The number of piperidine rings is 1. The highest BCUT2D eigenvalue weighted by Gasteiger charge is 2.21. The Bertz CT molecular complexity index is 1330. The topological polar surface area (TPSA) is 88.2 Å². The van der Waals surface area contributed by atoms with Crippen molar-refractivity contribution in [2.45, 2.75) is 25.5 Å². The molecular formula is C26H29N5O2. The molecule has 2 aromatic carbocycles. The van der Waals surface area contributed by atoms with Crippen LogP contribution in [0.25, 0.3) is 33.5 Å². The van der Waals surface area contributed by atoms with Crippen molar-refractivity contribution in [1.29, 1.82) is 0 Å². The second-order valence-electron chi connectivity index (χ2n) is 8.96. The molecule has 2 aromatic heterocycles. The molecule has 1 saturated heterocycles. The second-order valence-corrected chi connectivity index (χ2v) is 8.96. The van der Waals surface area contributed by atoms with Crippen molar-refractivity contribution in [3.8, 4) is 22.5 Å². The van der Waals surface area contributed by atoms with Gasteiger partial charge in [0, 0.05) is 31.0 Å². The van der Waals surface area contributed by atoms with Crippen LogP contribution in [0.15, 0.2) is 59.5 Å². The summed E-state index contributed by atoms with van der Waals surface area (Å²) in [5.74, 6) is 0.551. The number of benzene rings is 2. The van der Waals surface area contributed by atoms with E-state index in [0.29, 0.717) is 17.4 Å². The summed E-state index contributed by atoms with van der Waals surface area (Å²) in [6, 6.07) is 16.4. The molecule has 0 aliphatic carbocycles. The Morgan fingerprint density at radius 2 is 1.91 bits per heavy atom. The van der Waals surface area contributed by atoms with Gasteiger partial charge in [0.05, 0.1) is 23.2 Å². The lowest BCUT2D eigenvalue weighted by atomic mass is 10.0. The van der Waals surface area contributed by atoms with Crippen LogP contribution >= 0.6 is 0 Å². The molecule has 1 fully saturated rings. The van der Waals surface area contributed by atoms with Crippen molar-refractivity contribution < 1.29 is 5.11 Å². The number of pyridine rings is 1. The number of nitrogens with zero attached hydrogens (tertiary/aromatic N) is 3. The van der Waals surface area contributed by atoms with Crippen LogP contribution in [-0.2, 0) is 6.61 Å². The maximum absolute atomic E-state index is 12.6. The number of aliphatic hydroxyl groups excluding tert-OH is 1. The Kier molecular flexibility index (Phi) is 5.74. The molecule has 1 aliphatic heterocycles. The standard InChI is InChI=1S/C26H29N5O2/c1-30(2)20-8-10-31(11-9-20)21-6-7-23-24(14-21)29-25(28-23)22-13-19(15-27-26(22)33)18-5-3-4-17(12-18)16-32/h3-7,12-15,20,32H,8-11,16H2,1-2H3,(H,27,33)(H,28,29). The van der Waals surface area contributed by atoms with Gasteiger partial charge in [0.2, 0.25) is 0 Å². The van der Waals surface area contributed by atoms with Crippen LogP contribution in [0.3, 0.4) is 0 Å². The number of anilines is 1. The van der Waals surface area contributed by atoms with Gasteiger partial charge >= 0.3 is 0 Å². The molecule has 0 amide bonds. The highest BCUT2D eigenvalue weighted by atomic mass is 16.3. The number of hydrogen-bond donors (Lipinski definition) is 3. The Hall–Kier alpha value is -3.42. The summed E-state index contributed by atoms with van der Waals surface area (Å²) in [7, 11) is 4.30. The van der Waals surface area contributed by atoms with Gasteiger partial charge in [0.25, 0.3) is 5.56 Å². The van der Waals surface area contributed by atoms with E-state index in [9.17, 15) is 9.90 Å². The normalized spacial score (nSPS) is 15.0. The van der Waals surface area contributed by atoms with Gasteiger partial charge in [-0.05, 0) is 74.0 Å². The predicted octanol–water partition coefficient (Wildman–Crippen LogP) is 3.61. The molecule has 0 bridgehead atoms. The van der Waals surface area contributed by atoms with E-state index in [2.05, 4.69) is 46.0 Å². The fourth-order valence-electron chi connectivity index (χ4n) is 4.64. The minimum atomic E-state index is -0.192. The van der Waals surface area contributed by atoms with Crippen molar-refractivity contribution in [2.24, 2.45) is 0 Å². The molecule has 3 N–H and O–H groups in total. The third kappa shape index (κ3) is 4.29. The molecule has 5 rings (SSSR count). The zero-order chi connectivity index (χ0) is 22.9.